The smallest absolute Gasteiger partial charge is 0.317 e. The van der Waals surface area contributed by atoms with Crippen LogP contribution < -0.4 is 53.2 Å². The van der Waals surface area contributed by atoms with Gasteiger partial charge in [0.05, 0.1) is 131 Å². The van der Waals surface area contributed by atoms with Gasteiger partial charge in [0, 0.05) is 230 Å². The summed E-state index contributed by atoms with van der Waals surface area (Å²) in [6.07, 6.45) is 0. The Bertz CT molecular complexity index is 3530. The Labute approximate surface area is 756 Å². The van der Waals surface area contributed by atoms with E-state index in [-0.39, 0.29) is 170 Å². The van der Waals surface area contributed by atoms with Crippen molar-refractivity contribution in [1.29, 1.82) is 0 Å². The number of nitrogens with zero attached hydrogens (tertiary/aromatic N) is 14. The molecule has 56 heteroatoms. The lowest BCUT2D eigenvalue weighted by Gasteiger charge is -2.35. The van der Waals surface area contributed by atoms with E-state index in [0.717, 1.165) is 19.6 Å². The molecule has 56 nitrogen and oxygen atoms in total. The van der Waals surface area contributed by atoms with Gasteiger partial charge in [-0.1, -0.05) is 0 Å². The first kappa shape index (κ1) is 118. The molecular formula is C75H134N24O32. The van der Waals surface area contributed by atoms with Crippen LogP contribution in [0.15, 0.2) is 0 Å². The SMILES string of the molecule is CN(CC(=O)NCC(CNC(=O)CN(C)C(=O)CNCCN(CCN(CCNCC(=O)O)CC(=O)O)CC(=O)O)(CNC(=O)CN(C)C(=O)CN(CCNCC(=O)O)CCN(CCNCC(=O)O)CC(=O)O)CNC(=O)CN(C)C(=O)CN1CCN(CC(=O)O)CCN(CC(=O)O)CCN(CC(=O)O)CC1)C(=O)CNCCN(CCN(CCNCC(=O)O)CC(=O)O)CC(=O)O. The van der Waals surface area contributed by atoms with E-state index < -0.39 is 281 Å². The largest absolute Gasteiger partial charge is 0.480 e. The van der Waals surface area contributed by atoms with Gasteiger partial charge < -0.3 is 134 Å². The van der Waals surface area contributed by atoms with Crippen LogP contribution in [0.2, 0.25) is 0 Å². The number of likely N-dealkylation sites (N-methyl/N-ethyl adjacent to an activating group) is 4. The number of amides is 8. The molecule has 0 spiro atoms. The summed E-state index contributed by atoms with van der Waals surface area (Å²) in [5.74, 6) is -20.7. The maximum atomic E-state index is 14.4. The minimum Gasteiger partial charge on any atom is -0.480 e. The zero-order chi connectivity index (χ0) is 98.6. The monoisotopic (exact) mass is 1880 g/mol. The highest BCUT2D eigenvalue weighted by atomic mass is 16.4. The van der Waals surface area contributed by atoms with Crippen molar-refractivity contribution in [3.63, 3.8) is 0 Å². The van der Waals surface area contributed by atoms with Crippen molar-refractivity contribution < 1.29 is 157 Å². The van der Waals surface area contributed by atoms with E-state index in [4.69, 9.17) is 15.3 Å². The molecule has 0 aromatic carbocycles. The van der Waals surface area contributed by atoms with Gasteiger partial charge >= 0.3 is 71.6 Å². The molecule has 1 heterocycles. The molecule has 0 atom stereocenters. The number of aliphatic carboxylic acids is 12. The van der Waals surface area contributed by atoms with Gasteiger partial charge in [0.2, 0.25) is 47.3 Å². The number of carboxylic acid groups (broad SMARTS) is 12. The second-order valence-corrected chi connectivity index (χ2v) is 31.2. The minimum atomic E-state index is -1.82. The first-order valence-corrected chi connectivity index (χ1v) is 41.8. The van der Waals surface area contributed by atoms with Crippen molar-refractivity contribution in [2.45, 2.75) is 0 Å². The Kier molecular flexibility index (Phi) is 60.2. The summed E-state index contributed by atoms with van der Waals surface area (Å²) in [6, 6.07) is 0. The van der Waals surface area contributed by atoms with Crippen LogP contribution in [0.25, 0.3) is 0 Å². The minimum absolute atomic E-state index is 0.000725. The van der Waals surface area contributed by atoms with E-state index in [0.29, 0.717) is 0 Å². The highest BCUT2D eigenvalue weighted by Crippen LogP contribution is 2.15. The molecule has 1 rings (SSSR count). The topological polar surface area (TPSA) is 750 Å². The first-order chi connectivity index (χ1) is 61.7. The molecule has 0 aromatic heterocycles. The van der Waals surface area contributed by atoms with Crippen molar-refractivity contribution in [3.05, 3.63) is 0 Å². The molecule has 0 bridgehead atoms. The molecule has 0 aliphatic carbocycles. The van der Waals surface area contributed by atoms with Crippen molar-refractivity contribution >= 4 is 119 Å². The van der Waals surface area contributed by atoms with E-state index in [1.165, 1.54) is 72.3 Å². The number of carbonyl (C=O) groups is 20. The predicted octanol–water partition coefficient (Wildman–Crippen LogP) is -15.1. The molecule has 0 unspecified atom stereocenters. The second kappa shape index (κ2) is 67.0. The molecule has 0 saturated carbocycles. The van der Waals surface area contributed by atoms with E-state index in [9.17, 15) is 142 Å². The highest BCUT2D eigenvalue weighted by molar-refractivity contribution is 5.88. The molecular weight excluding hydrogens is 1750 g/mol. The number of carboxylic acids is 12. The average Bonchev–Trinajstić information content (AvgIpc) is 0.842. The van der Waals surface area contributed by atoms with Crippen LogP contribution in [0.1, 0.15) is 0 Å². The van der Waals surface area contributed by atoms with Gasteiger partial charge in [0.15, 0.2) is 0 Å². The first-order valence-electron chi connectivity index (χ1n) is 41.8. The Balaban J connectivity index is 3.97. The van der Waals surface area contributed by atoms with Crippen molar-refractivity contribution in [2.24, 2.45) is 5.41 Å². The number of carbonyl (C=O) groups excluding carboxylic acids is 8. The second-order valence-electron chi connectivity index (χ2n) is 31.2. The average molecular weight is 1880 g/mol. The van der Waals surface area contributed by atoms with E-state index in [1.54, 1.807) is 4.90 Å². The molecule has 1 aliphatic rings. The maximum absolute atomic E-state index is 14.4. The summed E-state index contributed by atoms with van der Waals surface area (Å²) in [5.41, 5.74) is -1.82. The van der Waals surface area contributed by atoms with Crippen LogP contribution in [0.4, 0.5) is 0 Å². The van der Waals surface area contributed by atoms with Gasteiger partial charge in [-0.3, -0.25) is 145 Å². The Morgan fingerprint density at radius 2 is 0.412 bits per heavy atom. The third-order valence-corrected chi connectivity index (χ3v) is 19.9. The van der Waals surface area contributed by atoms with Gasteiger partial charge in [-0.05, 0) is 0 Å². The Hall–Kier alpha value is -11.2. The van der Waals surface area contributed by atoms with Crippen LogP contribution >= 0.6 is 0 Å². The fourth-order valence-electron chi connectivity index (χ4n) is 12.7. The summed E-state index contributed by atoms with van der Waals surface area (Å²) in [4.78, 5) is 271. The van der Waals surface area contributed by atoms with Crippen molar-refractivity contribution in [2.75, 3.05) is 355 Å². The molecule has 746 valence electrons. The lowest BCUT2D eigenvalue weighted by Crippen LogP contribution is -2.59. The quantitative estimate of drug-likeness (QED) is 0.0251. The van der Waals surface area contributed by atoms with Crippen LogP contribution in [0.5, 0.6) is 0 Å². The van der Waals surface area contributed by atoms with Gasteiger partial charge in [-0.2, -0.15) is 0 Å². The van der Waals surface area contributed by atoms with Crippen molar-refractivity contribution in [1.82, 2.24) is 122 Å². The normalized spacial score (nSPS) is 13.2. The Morgan fingerprint density at radius 3 is 0.618 bits per heavy atom. The molecule has 22 N–H and O–H groups in total. The van der Waals surface area contributed by atoms with Crippen LogP contribution in [0.3, 0.4) is 0 Å². The summed E-state index contributed by atoms with van der Waals surface area (Å²) >= 11 is 0. The molecule has 1 fully saturated rings. The zero-order valence-electron chi connectivity index (χ0n) is 74.6. The zero-order valence-corrected chi connectivity index (χ0v) is 74.6. The molecule has 8 amide bonds. The number of rotatable bonds is 75. The Morgan fingerprint density at radius 1 is 0.221 bits per heavy atom. The third-order valence-electron chi connectivity index (χ3n) is 19.9. The molecule has 1 saturated heterocycles. The van der Waals surface area contributed by atoms with Crippen LogP contribution in [-0.2, 0) is 95.9 Å². The summed E-state index contributed by atoms with van der Waals surface area (Å²) in [5, 5.41) is 141. The number of hydrogen-bond donors (Lipinski definition) is 22. The van der Waals surface area contributed by atoms with Crippen LogP contribution in [-0.4, -0.2) is 604 Å². The fraction of sp³-hybridized carbons (Fsp3) is 0.733. The standard InChI is InChI=1S/C75H134N24O32/c1-86(59(104)31-76-5-12-91(43-67(116)117)19-21-94(46-70(122)123)15-9-80-35-65(112)113)37-55(100)82-51-75(52-83-56(101)38-87(2)60(105)32-77-6-13-92(44-68(118)119)20-22-95(47-71(124)125)16-10-81-36-66(114)115,53-84-57(102)39-88(3)61(106)41-90(11-7-78-33-63(108)109)17-18-93(45-69(120)121)14-8-79-34-64(110)111)54-85-58(103)40-89(4)62(107)42-96-23-25-97(48-72(126)127)27-29-99(50-74(130)131)30-28-98(26-24-96)49-73(128)129/h76-81H,5-54H2,1-4H3,(H,82,100)(H,83,101)(H,84,102)(H,85,103)(H,108,109)(H,110,111)(H,112,113)(H,114,115)(H,116,117)(H,118,119)(H,120,121)(H,122,123)(H,124,125)(H,126,127)(H,128,129)(H,130,131). The number of nitrogens with one attached hydrogen (secondary N) is 10. The molecule has 131 heavy (non-hydrogen) atoms. The predicted molar refractivity (Wildman–Crippen MR) is 458 cm³/mol. The van der Waals surface area contributed by atoms with E-state index in [2.05, 4.69) is 53.2 Å². The van der Waals surface area contributed by atoms with Crippen LogP contribution in [0, 0.1) is 5.41 Å². The van der Waals surface area contributed by atoms with Gasteiger partial charge in [-0.25, -0.2) is 0 Å². The fourth-order valence-corrected chi connectivity index (χ4v) is 12.7. The summed E-state index contributed by atoms with van der Waals surface area (Å²) in [7, 11) is 5.01. The van der Waals surface area contributed by atoms with Gasteiger partial charge in [0.25, 0.3) is 0 Å². The van der Waals surface area contributed by atoms with Gasteiger partial charge in [-0.15, -0.1) is 0 Å². The highest BCUT2D eigenvalue weighted by Gasteiger charge is 2.35. The maximum Gasteiger partial charge on any atom is 0.317 e. The molecule has 0 aromatic rings. The van der Waals surface area contributed by atoms with E-state index in [1.807, 2.05) is 0 Å². The molecule has 0 radical (unpaired) electrons. The third kappa shape index (κ3) is 61.9. The lowest BCUT2D eigenvalue weighted by atomic mass is 9.86. The van der Waals surface area contributed by atoms with E-state index >= 15 is 0 Å². The molecule has 1 aliphatic heterocycles. The summed E-state index contributed by atoms with van der Waals surface area (Å²) < 4.78 is 0. The van der Waals surface area contributed by atoms with Crippen molar-refractivity contribution in [3.8, 4) is 0 Å². The van der Waals surface area contributed by atoms with Gasteiger partial charge in [0.1, 0.15) is 0 Å². The summed E-state index contributed by atoms with van der Waals surface area (Å²) in [6.45, 7) is -11.7. The number of hydrogen-bond acceptors (Lipinski definition) is 36. The lowest BCUT2D eigenvalue weighted by molar-refractivity contribution is -0.141.